The van der Waals surface area contributed by atoms with Crippen LogP contribution in [0.15, 0.2) is 47.6 Å². The molecule has 2 aromatic carbocycles. The number of benzene rings is 2. The lowest BCUT2D eigenvalue weighted by Crippen LogP contribution is -2.07. The van der Waals surface area contributed by atoms with E-state index in [0.717, 1.165) is 10.6 Å². The highest BCUT2D eigenvalue weighted by molar-refractivity contribution is 8.14. The molecule has 0 amide bonds. The van der Waals surface area contributed by atoms with Crippen LogP contribution in [0.1, 0.15) is 16.5 Å². The van der Waals surface area contributed by atoms with Crippen LogP contribution in [0.4, 0.5) is 0 Å². The quantitative estimate of drug-likeness (QED) is 0.860. The van der Waals surface area contributed by atoms with Crippen LogP contribution in [0.5, 0.6) is 5.75 Å². The summed E-state index contributed by atoms with van der Waals surface area (Å²) in [5.41, 5.74) is 4.64. The van der Waals surface area contributed by atoms with Gasteiger partial charge >= 0.3 is 0 Å². The Balaban J connectivity index is 1.84. The molecule has 3 nitrogen and oxygen atoms in total. The average Bonchev–Trinajstić information content (AvgIpc) is 2.88. The highest BCUT2D eigenvalue weighted by atomic mass is 35.5. The molecule has 0 radical (unpaired) electrons. The van der Waals surface area contributed by atoms with Gasteiger partial charge in [-0.05, 0) is 24.3 Å². The summed E-state index contributed by atoms with van der Waals surface area (Å²) < 4.78 is 0. The van der Waals surface area contributed by atoms with Gasteiger partial charge in [-0.1, -0.05) is 53.2 Å². The minimum absolute atomic E-state index is 0.0885. The van der Waals surface area contributed by atoms with Crippen LogP contribution < -0.4 is 5.43 Å². The van der Waals surface area contributed by atoms with E-state index in [1.165, 1.54) is 11.8 Å². The summed E-state index contributed by atoms with van der Waals surface area (Å²) in [6.45, 7) is 0. The van der Waals surface area contributed by atoms with Gasteiger partial charge in [0.25, 0.3) is 0 Å². The van der Waals surface area contributed by atoms with Crippen molar-refractivity contribution in [2.45, 2.75) is 5.37 Å². The van der Waals surface area contributed by atoms with Gasteiger partial charge in [0.05, 0.1) is 5.56 Å². The molecular weight excluding hydrogens is 315 g/mol. The fourth-order valence-electron chi connectivity index (χ4n) is 1.91. The number of para-hydroxylation sites is 1. The summed E-state index contributed by atoms with van der Waals surface area (Å²) in [6, 6.07) is 12.5. The Kier molecular flexibility index (Phi) is 3.78. The third-order valence-corrected chi connectivity index (χ3v) is 4.58. The number of hydrogen-bond acceptors (Lipinski definition) is 4. The van der Waals surface area contributed by atoms with Gasteiger partial charge in [0.2, 0.25) is 0 Å². The first-order valence-electron chi connectivity index (χ1n) is 5.88. The summed E-state index contributed by atoms with van der Waals surface area (Å²) in [5.74, 6) is 0.211. The van der Waals surface area contributed by atoms with Crippen molar-refractivity contribution in [3.63, 3.8) is 0 Å². The number of aromatic hydroxyl groups is 1. The van der Waals surface area contributed by atoms with Crippen LogP contribution in [-0.2, 0) is 0 Å². The van der Waals surface area contributed by atoms with E-state index in [-0.39, 0.29) is 11.1 Å². The molecule has 0 aliphatic carbocycles. The molecule has 2 aromatic rings. The number of hydrogen-bond donors (Lipinski definition) is 2. The van der Waals surface area contributed by atoms with E-state index in [4.69, 9.17) is 23.2 Å². The molecule has 102 valence electrons. The molecule has 2 N–H and O–H groups in total. The SMILES string of the molecule is Oc1ccccc1C1=NN[C@H](c2ccc(Cl)cc2Cl)S1. The summed E-state index contributed by atoms with van der Waals surface area (Å²) in [6.07, 6.45) is 0. The van der Waals surface area contributed by atoms with Gasteiger partial charge < -0.3 is 5.11 Å². The molecule has 0 unspecified atom stereocenters. The van der Waals surface area contributed by atoms with Gasteiger partial charge in [-0.25, -0.2) is 0 Å². The fourth-order valence-corrected chi connectivity index (χ4v) is 3.56. The lowest BCUT2D eigenvalue weighted by atomic mass is 10.2. The molecule has 0 saturated carbocycles. The molecule has 0 fully saturated rings. The summed E-state index contributed by atoms with van der Waals surface area (Å²) in [5, 5.41) is 16.0. The lowest BCUT2D eigenvalue weighted by Gasteiger charge is -2.11. The monoisotopic (exact) mass is 324 g/mol. The first-order chi connectivity index (χ1) is 9.65. The second-order valence-corrected chi connectivity index (χ2v) is 6.16. The van der Waals surface area contributed by atoms with Gasteiger partial charge in [-0.15, -0.1) is 0 Å². The Labute approximate surface area is 130 Å². The highest BCUT2D eigenvalue weighted by Gasteiger charge is 2.25. The molecule has 0 saturated heterocycles. The van der Waals surface area contributed by atoms with Crippen molar-refractivity contribution in [1.82, 2.24) is 5.43 Å². The highest BCUT2D eigenvalue weighted by Crippen LogP contribution is 2.39. The lowest BCUT2D eigenvalue weighted by molar-refractivity contribution is 0.474. The molecule has 0 aromatic heterocycles. The number of nitrogens with one attached hydrogen (secondary N) is 1. The standard InChI is InChI=1S/C14H10Cl2N2OS/c15-8-5-6-9(11(16)7-8)13-17-18-14(20-13)10-3-1-2-4-12(10)19/h1-7,13,17,19H/t13-/m0/s1. The molecule has 1 aliphatic rings. The predicted octanol–water partition coefficient (Wildman–Crippen LogP) is 4.40. The van der Waals surface area contributed by atoms with Crippen LogP contribution >= 0.6 is 35.0 Å². The molecule has 3 rings (SSSR count). The second-order valence-electron chi connectivity index (χ2n) is 4.23. The van der Waals surface area contributed by atoms with Gasteiger partial charge in [-0.2, -0.15) is 5.10 Å². The second kappa shape index (κ2) is 5.56. The van der Waals surface area contributed by atoms with Crippen molar-refractivity contribution in [2.75, 3.05) is 0 Å². The molecular formula is C14H10Cl2N2OS. The molecule has 20 heavy (non-hydrogen) atoms. The zero-order valence-electron chi connectivity index (χ0n) is 10.2. The van der Waals surface area contributed by atoms with Gasteiger partial charge in [0.1, 0.15) is 16.2 Å². The number of thioether (sulfide) groups is 1. The Morgan fingerprint density at radius 2 is 1.95 bits per heavy atom. The third-order valence-electron chi connectivity index (χ3n) is 2.89. The van der Waals surface area contributed by atoms with E-state index >= 15 is 0 Å². The van der Waals surface area contributed by atoms with Crippen molar-refractivity contribution in [3.8, 4) is 5.75 Å². The van der Waals surface area contributed by atoms with Crippen LogP contribution in [-0.4, -0.2) is 10.2 Å². The zero-order valence-corrected chi connectivity index (χ0v) is 12.5. The van der Waals surface area contributed by atoms with E-state index in [9.17, 15) is 5.11 Å². The molecule has 6 heteroatoms. The molecule has 1 heterocycles. The predicted molar refractivity (Wildman–Crippen MR) is 84.6 cm³/mol. The first-order valence-corrected chi connectivity index (χ1v) is 7.52. The van der Waals surface area contributed by atoms with Gasteiger partial charge in [0.15, 0.2) is 0 Å². The molecule has 1 aliphatic heterocycles. The number of phenolic OH excluding ortho intramolecular Hbond substituents is 1. The Morgan fingerprint density at radius 1 is 1.15 bits per heavy atom. The van der Waals surface area contributed by atoms with Crippen molar-refractivity contribution in [3.05, 3.63) is 63.6 Å². The first kappa shape index (κ1) is 13.6. The van der Waals surface area contributed by atoms with E-state index in [2.05, 4.69) is 10.5 Å². The van der Waals surface area contributed by atoms with E-state index in [0.29, 0.717) is 15.6 Å². The van der Waals surface area contributed by atoms with Crippen LogP contribution in [0.25, 0.3) is 0 Å². The number of rotatable bonds is 2. The van der Waals surface area contributed by atoms with Crippen LogP contribution in [0, 0.1) is 0 Å². The van der Waals surface area contributed by atoms with Crippen molar-refractivity contribution >= 4 is 40.0 Å². The van der Waals surface area contributed by atoms with E-state index in [1.807, 2.05) is 18.2 Å². The van der Waals surface area contributed by atoms with Crippen molar-refractivity contribution in [1.29, 1.82) is 0 Å². The smallest absolute Gasteiger partial charge is 0.129 e. The normalized spacial score (nSPS) is 17.7. The maximum atomic E-state index is 9.85. The summed E-state index contributed by atoms with van der Waals surface area (Å²) in [7, 11) is 0. The minimum atomic E-state index is -0.0885. The van der Waals surface area contributed by atoms with Crippen LogP contribution in [0.2, 0.25) is 10.0 Å². The number of hydrazone groups is 1. The van der Waals surface area contributed by atoms with Gasteiger partial charge in [0, 0.05) is 15.6 Å². The molecule has 0 bridgehead atoms. The Hall–Kier alpha value is -1.36. The van der Waals surface area contributed by atoms with Gasteiger partial charge in [-0.3, -0.25) is 5.43 Å². The molecule has 1 atom stereocenters. The number of nitrogens with zero attached hydrogens (tertiary/aromatic N) is 1. The van der Waals surface area contributed by atoms with Crippen molar-refractivity contribution in [2.24, 2.45) is 5.10 Å². The topological polar surface area (TPSA) is 44.6 Å². The average molecular weight is 325 g/mol. The zero-order chi connectivity index (χ0) is 14.1. The largest absolute Gasteiger partial charge is 0.507 e. The summed E-state index contributed by atoms with van der Waals surface area (Å²) in [4.78, 5) is 0. The van der Waals surface area contributed by atoms with Crippen LogP contribution in [0.3, 0.4) is 0 Å². The maximum Gasteiger partial charge on any atom is 0.129 e. The maximum absolute atomic E-state index is 9.85. The van der Waals surface area contributed by atoms with E-state index in [1.54, 1.807) is 24.3 Å². The number of halogens is 2. The van der Waals surface area contributed by atoms with Crippen molar-refractivity contribution < 1.29 is 5.11 Å². The Morgan fingerprint density at radius 3 is 2.70 bits per heavy atom. The number of phenols is 1. The Bertz CT molecular complexity index is 691. The minimum Gasteiger partial charge on any atom is -0.507 e. The molecule has 0 spiro atoms. The summed E-state index contributed by atoms with van der Waals surface area (Å²) >= 11 is 13.6. The third kappa shape index (κ3) is 2.59. The van der Waals surface area contributed by atoms with E-state index < -0.39 is 0 Å². The fraction of sp³-hybridized carbons (Fsp3) is 0.0714.